The maximum atomic E-state index is 5.52. The number of anilines is 1. The van der Waals surface area contributed by atoms with Gasteiger partial charge in [0.15, 0.2) is 0 Å². The highest BCUT2D eigenvalue weighted by molar-refractivity contribution is 5.32. The van der Waals surface area contributed by atoms with Crippen LogP contribution in [0.4, 0.5) is 5.82 Å². The smallest absolute Gasteiger partial charge is 0.234 e. The van der Waals surface area contributed by atoms with Crippen LogP contribution in [0.5, 0.6) is 5.88 Å². The Balaban J connectivity index is 2.40. The van der Waals surface area contributed by atoms with Gasteiger partial charge in [0.1, 0.15) is 5.82 Å². The van der Waals surface area contributed by atoms with E-state index in [1.54, 1.807) is 12.4 Å². The Hall–Kier alpha value is -1.32. The molecule has 0 saturated heterocycles. The first-order valence-corrected chi connectivity index (χ1v) is 5.91. The zero-order chi connectivity index (χ0) is 11.8. The molecule has 0 bridgehead atoms. The van der Waals surface area contributed by atoms with Crippen molar-refractivity contribution in [2.45, 2.75) is 33.6 Å². The average Bonchev–Trinajstić information content (AvgIpc) is 2.26. The van der Waals surface area contributed by atoms with E-state index in [1.807, 2.05) is 0 Å². The first-order valence-electron chi connectivity index (χ1n) is 5.91. The number of hydrogen-bond acceptors (Lipinski definition) is 4. The normalized spacial score (nSPS) is 10.5. The number of rotatable bonds is 7. The molecular formula is C12H21N3O. The topological polar surface area (TPSA) is 47.0 Å². The molecular weight excluding hydrogens is 202 g/mol. The minimum absolute atomic E-state index is 0.599. The van der Waals surface area contributed by atoms with Crippen LogP contribution in [-0.4, -0.2) is 23.1 Å². The van der Waals surface area contributed by atoms with Crippen LogP contribution in [0.25, 0.3) is 0 Å². The van der Waals surface area contributed by atoms with Crippen LogP contribution >= 0.6 is 0 Å². The van der Waals surface area contributed by atoms with Gasteiger partial charge in [-0.1, -0.05) is 20.8 Å². The van der Waals surface area contributed by atoms with E-state index in [9.17, 15) is 0 Å². The molecule has 1 aromatic heterocycles. The molecule has 4 nitrogen and oxygen atoms in total. The molecule has 0 radical (unpaired) electrons. The minimum atomic E-state index is 0.599. The number of hydrogen-bond donors (Lipinski definition) is 1. The zero-order valence-electron chi connectivity index (χ0n) is 10.4. The van der Waals surface area contributed by atoms with Crippen molar-refractivity contribution in [3.8, 4) is 5.88 Å². The van der Waals surface area contributed by atoms with Crippen molar-refractivity contribution in [3.63, 3.8) is 0 Å². The summed E-state index contributed by atoms with van der Waals surface area (Å²) in [5.41, 5.74) is 0. The Bertz CT molecular complexity index is 302. The molecule has 0 aliphatic carbocycles. The molecule has 0 spiro atoms. The molecule has 0 aromatic carbocycles. The fraction of sp³-hybridized carbons (Fsp3) is 0.667. The first-order chi connectivity index (χ1) is 7.72. The van der Waals surface area contributed by atoms with Gasteiger partial charge in [0.05, 0.1) is 19.0 Å². The SMILES string of the molecule is CCCNc1cncc(OCCC(C)C)n1. The third kappa shape index (κ3) is 4.96. The average molecular weight is 223 g/mol. The van der Waals surface area contributed by atoms with Gasteiger partial charge in [-0.2, -0.15) is 4.98 Å². The quantitative estimate of drug-likeness (QED) is 0.772. The highest BCUT2D eigenvalue weighted by Crippen LogP contribution is 2.10. The van der Waals surface area contributed by atoms with Crippen molar-refractivity contribution in [3.05, 3.63) is 12.4 Å². The van der Waals surface area contributed by atoms with Crippen molar-refractivity contribution in [2.75, 3.05) is 18.5 Å². The summed E-state index contributed by atoms with van der Waals surface area (Å²) in [5.74, 6) is 2.03. The Morgan fingerprint density at radius 1 is 1.38 bits per heavy atom. The summed E-state index contributed by atoms with van der Waals surface area (Å²) in [4.78, 5) is 8.40. The Morgan fingerprint density at radius 2 is 2.19 bits per heavy atom. The molecule has 0 amide bonds. The van der Waals surface area contributed by atoms with Gasteiger partial charge in [-0.15, -0.1) is 0 Å². The summed E-state index contributed by atoms with van der Waals surface area (Å²) >= 11 is 0. The van der Waals surface area contributed by atoms with Crippen LogP contribution in [0.15, 0.2) is 12.4 Å². The predicted octanol–water partition coefficient (Wildman–Crippen LogP) is 2.72. The van der Waals surface area contributed by atoms with Crippen LogP contribution < -0.4 is 10.1 Å². The Morgan fingerprint density at radius 3 is 2.88 bits per heavy atom. The van der Waals surface area contributed by atoms with Gasteiger partial charge in [-0.05, 0) is 18.8 Å². The number of ether oxygens (including phenoxy) is 1. The van der Waals surface area contributed by atoms with E-state index in [0.717, 1.165) is 25.2 Å². The number of nitrogens with one attached hydrogen (secondary N) is 1. The predicted molar refractivity (Wildman–Crippen MR) is 65.8 cm³/mol. The van der Waals surface area contributed by atoms with Crippen molar-refractivity contribution >= 4 is 5.82 Å². The zero-order valence-corrected chi connectivity index (χ0v) is 10.4. The lowest BCUT2D eigenvalue weighted by molar-refractivity contribution is 0.278. The molecule has 1 rings (SSSR count). The minimum Gasteiger partial charge on any atom is -0.477 e. The van der Waals surface area contributed by atoms with Crippen LogP contribution in [0.2, 0.25) is 0 Å². The summed E-state index contributed by atoms with van der Waals surface area (Å²) in [6.45, 7) is 8.07. The van der Waals surface area contributed by atoms with Gasteiger partial charge >= 0.3 is 0 Å². The fourth-order valence-electron chi connectivity index (χ4n) is 1.16. The van der Waals surface area contributed by atoms with Crippen LogP contribution in [0.1, 0.15) is 33.6 Å². The van der Waals surface area contributed by atoms with Crippen LogP contribution in [-0.2, 0) is 0 Å². The van der Waals surface area contributed by atoms with E-state index in [-0.39, 0.29) is 0 Å². The lowest BCUT2D eigenvalue weighted by Gasteiger charge is -2.08. The monoisotopic (exact) mass is 223 g/mol. The molecule has 0 atom stereocenters. The van der Waals surface area contributed by atoms with E-state index in [0.29, 0.717) is 18.4 Å². The van der Waals surface area contributed by atoms with Crippen molar-refractivity contribution < 1.29 is 4.74 Å². The molecule has 1 heterocycles. The molecule has 0 saturated carbocycles. The summed E-state index contributed by atoms with van der Waals surface area (Å²) in [6, 6.07) is 0. The van der Waals surface area contributed by atoms with Gasteiger partial charge in [-0.3, -0.25) is 4.98 Å². The van der Waals surface area contributed by atoms with Crippen LogP contribution in [0, 0.1) is 5.92 Å². The highest BCUT2D eigenvalue weighted by atomic mass is 16.5. The molecule has 1 aromatic rings. The molecule has 90 valence electrons. The fourth-order valence-corrected chi connectivity index (χ4v) is 1.16. The third-order valence-corrected chi connectivity index (χ3v) is 2.11. The Kier molecular flexibility index (Phi) is 5.61. The first kappa shape index (κ1) is 12.7. The maximum absolute atomic E-state index is 5.52. The molecule has 1 N–H and O–H groups in total. The van der Waals surface area contributed by atoms with E-state index < -0.39 is 0 Å². The lowest BCUT2D eigenvalue weighted by atomic mass is 10.1. The molecule has 0 unspecified atom stereocenters. The van der Waals surface area contributed by atoms with Crippen LogP contribution in [0.3, 0.4) is 0 Å². The van der Waals surface area contributed by atoms with Gasteiger partial charge in [0, 0.05) is 6.54 Å². The van der Waals surface area contributed by atoms with E-state index in [4.69, 9.17) is 4.74 Å². The Labute approximate surface area is 97.5 Å². The van der Waals surface area contributed by atoms with Crippen molar-refractivity contribution in [1.82, 2.24) is 9.97 Å². The van der Waals surface area contributed by atoms with Gasteiger partial charge in [-0.25, -0.2) is 0 Å². The summed E-state index contributed by atoms with van der Waals surface area (Å²) in [6.07, 6.45) is 5.47. The second-order valence-corrected chi connectivity index (χ2v) is 4.20. The molecule has 16 heavy (non-hydrogen) atoms. The second-order valence-electron chi connectivity index (χ2n) is 4.20. The third-order valence-electron chi connectivity index (χ3n) is 2.11. The number of aromatic nitrogens is 2. The molecule has 4 heteroatoms. The van der Waals surface area contributed by atoms with Crippen molar-refractivity contribution in [1.29, 1.82) is 0 Å². The molecule has 0 fully saturated rings. The van der Waals surface area contributed by atoms with Gasteiger partial charge < -0.3 is 10.1 Å². The van der Waals surface area contributed by atoms with E-state index in [1.165, 1.54) is 0 Å². The summed E-state index contributed by atoms with van der Waals surface area (Å²) in [5, 5.41) is 3.18. The molecule has 0 aliphatic rings. The maximum Gasteiger partial charge on any atom is 0.234 e. The van der Waals surface area contributed by atoms with E-state index >= 15 is 0 Å². The largest absolute Gasteiger partial charge is 0.477 e. The number of nitrogens with zero attached hydrogens (tertiary/aromatic N) is 2. The second kappa shape index (κ2) is 7.04. The standard InChI is InChI=1S/C12H21N3O/c1-4-6-14-11-8-13-9-12(15-11)16-7-5-10(2)3/h8-10H,4-7H2,1-3H3,(H,14,15). The highest BCUT2D eigenvalue weighted by Gasteiger charge is 2.00. The molecule has 0 aliphatic heterocycles. The van der Waals surface area contributed by atoms with E-state index in [2.05, 4.69) is 36.1 Å². The summed E-state index contributed by atoms with van der Waals surface area (Å²) < 4.78 is 5.52. The van der Waals surface area contributed by atoms with Crippen molar-refractivity contribution in [2.24, 2.45) is 5.92 Å². The lowest BCUT2D eigenvalue weighted by Crippen LogP contribution is -2.06. The van der Waals surface area contributed by atoms with Gasteiger partial charge in [0.2, 0.25) is 5.88 Å². The van der Waals surface area contributed by atoms with Gasteiger partial charge in [0.25, 0.3) is 0 Å². The summed E-state index contributed by atoms with van der Waals surface area (Å²) in [7, 11) is 0.